The van der Waals surface area contributed by atoms with E-state index >= 15 is 0 Å². The molecular weight excluding hydrogens is 387 g/mol. The smallest absolute Gasteiger partial charge is 0.266 e. The number of rotatable bonds is 6. The Balaban J connectivity index is 1.82. The molecule has 1 aromatic carbocycles. The van der Waals surface area contributed by atoms with Crippen LogP contribution in [0, 0.1) is 11.7 Å². The number of halogens is 2. The van der Waals surface area contributed by atoms with Gasteiger partial charge in [-0.15, -0.1) is 11.3 Å². The van der Waals surface area contributed by atoms with E-state index in [0.29, 0.717) is 11.6 Å². The second-order valence-corrected chi connectivity index (χ2v) is 8.70. The van der Waals surface area contributed by atoms with Gasteiger partial charge in [-0.3, -0.25) is 4.72 Å². The topological polar surface area (TPSA) is 83.1 Å². The van der Waals surface area contributed by atoms with Crippen molar-refractivity contribution >= 4 is 44.5 Å². The maximum atomic E-state index is 14.4. The zero-order chi connectivity index (χ0) is 18.0. The minimum atomic E-state index is -4.10. The molecule has 1 aliphatic rings. The van der Waals surface area contributed by atoms with E-state index < -0.39 is 20.7 Å². The lowest BCUT2D eigenvalue weighted by Crippen LogP contribution is -2.27. The average Bonchev–Trinajstić information content (AvgIpc) is 3.23. The van der Waals surface area contributed by atoms with E-state index in [2.05, 4.69) is 20.3 Å². The molecule has 1 saturated heterocycles. The van der Waals surface area contributed by atoms with Crippen LogP contribution in [0.25, 0.3) is 0 Å². The lowest BCUT2D eigenvalue weighted by Gasteiger charge is -2.22. The summed E-state index contributed by atoms with van der Waals surface area (Å²) in [5, 5.41) is 8.12. The first-order valence-corrected chi connectivity index (χ1v) is 10.5. The van der Waals surface area contributed by atoms with Gasteiger partial charge in [-0.2, -0.15) is 0 Å². The lowest BCUT2D eigenvalue weighted by molar-refractivity contribution is 0.509. The highest BCUT2D eigenvalue weighted by atomic mass is 35.5. The van der Waals surface area contributed by atoms with E-state index in [-0.39, 0.29) is 16.9 Å². The van der Waals surface area contributed by atoms with Crippen molar-refractivity contribution in [3.05, 3.63) is 33.9 Å². The van der Waals surface area contributed by atoms with E-state index in [9.17, 15) is 12.8 Å². The highest BCUT2D eigenvalue weighted by molar-refractivity contribution is 7.92. The molecule has 0 radical (unpaired) electrons. The number of anilines is 2. The molecule has 136 valence electrons. The van der Waals surface area contributed by atoms with Gasteiger partial charge in [-0.05, 0) is 44.5 Å². The molecule has 2 heterocycles. The molecule has 0 bridgehead atoms. The van der Waals surface area contributed by atoms with Crippen molar-refractivity contribution in [1.29, 1.82) is 0 Å². The minimum Gasteiger partial charge on any atom is -0.381 e. The fourth-order valence-electron chi connectivity index (χ4n) is 2.77. The van der Waals surface area contributed by atoms with Gasteiger partial charge in [0.25, 0.3) is 10.0 Å². The lowest BCUT2D eigenvalue weighted by atomic mass is 10.0. The van der Waals surface area contributed by atoms with Gasteiger partial charge in [0, 0.05) is 11.4 Å². The van der Waals surface area contributed by atoms with E-state index in [0.717, 1.165) is 31.6 Å². The zero-order valence-corrected chi connectivity index (χ0v) is 15.8. The SMILES string of the molecule is C[C@H](Nc1cc(F)c(S(=O)(=O)Nc2cscn2)cc1Cl)C1CCNC1. The Bertz CT molecular complexity index is 839. The Hall–Kier alpha value is -1.42. The first kappa shape index (κ1) is 18.4. The summed E-state index contributed by atoms with van der Waals surface area (Å²) >= 11 is 7.42. The highest BCUT2D eigenvalue weighted by Gasteiger charge is 2.25. The molecule has 10 heteroatoms. The molecule has 2 aromatic rings. The number of aromatic nitrogens is 1. The van der Waals surface area contributed by atoms with Crippen molar-refractivity contribution in [2.75, 3.05) is 23.1 Å². The van der Waals surface area contributed by atoms with Gasteiger partial charge in [0.05, 0.1) is 16.2 Å². The molecule has 1 fully saturated rings. The maximum Gasteiger partial charge on any atom is 0.266 e. The predicted molar refractivity (Wildman–Crippen MR) is 98.4 cm³/mol. The van der Waals surface area contributed by atoms with Gasteiger partial charge in [-0.1, -0.05) is 11.6 Å². The van der Waals surface area contributed by atoms with Crippen LogP contribution in [0.15, 0.2) is 27.9 Å². The molecule has 1 aromatic heterocycles. The second-order valence-electron chi connectivity index (χ2n) is 5.93. The van der Waals surface area contributed by atoms with Crippen molar-refractivity contribution < 1.29 is 12.8 Å². The summed E-state index contributed by atoms with van der Waals surface area (Å²) in [4.78, 5) is 3.33. The third-order valence-electron chi connectivity index (χ3n) is 4.17. The third kappa shape index (κ3) is 4.22. The molecule has 3 N–H and O–H groups in total. The number of benzene rings is 1. The molecule has 1 unspecified atom stereocenters. The van der Waals surface area contributed by atoms with Gasteiger partial charge < -0.3 is 10.6 Å². The number of nitrogens with zero attached hydrogens (tertiary/aromatic N) is 1. The molecule has 2 atom stereocenters. The van der Waals surface area contributed by atoms with Gasteiger partial charge in [-0.25, -0.2) is 17.8 Å². The van der Waals surface area contributed by atoms with Crippen molar-refractivity contribution in [1.82, 2.24) is 10.3 Å². The molecule has 0 spiro atoms. The first-order chi connectivity index (χ1) is 11.9. The van der Waals surface area contributed by atoms with Crippen LogP contribution in [-0.2, 0) is 10.0 Å². The summed E-state index contributed by atoms with van der Waals surface area (Å²) in [6.45, 7) is 3.84. The van der Waals surface area contributed by atoms with Crippen LogP contribution in [0.2, 0.25) is 5.02 Å². The second kappa shape index (κ2) is 7.45. The largest absolute Gasteiger partial charge is 0.381 e. The first-order valence-electron chi connectivity index (χ1n) is 7.74. The quantitative estimate of drug-likeness (QED) is 0.688. The molecular formula is C15H18ClFN4O2S2. The summed E-state index contributed by atoms with van der Waals surface area (Å²) in [5.74, 6) is -0.315. The Morgan fingerprint density at radius 3 is 2.92 bits per heavy atom. The fraction of sp³-hybridized carbons (Fsp3) is 0.400. The van der Waals surface area contributed by atoms with Crippen LogP contribution in [-0.4, -0.2) is 32.5 Å². The average molecular weight is 405 g/mol. The molecule has 0 aliphatic carbocycles. The maximum absolute atomic E-state index is 14.4. The molecule has 25 heavy (non-hydrogen) atoms. The van der Waals surface area contributed by atoms with Gasteiger partial charge in [0.2, 0.25) is 0 Å². The monoisotopic (exact) mass is 404 g/mol. The third-order valence-corrected chi connectivity index (χ3v) is 6.44. The van der Waals surface area contributed by atoms with E-state index in [1.165, 1.54) is 22.2 Å². The number of thiazole rings is 1. The number of hydrogen-bond acceptors (Lipinski definition) is 6. The van der Waals surface area contributed by atoms with Crippen LogP contribution < -0.4 is 15.4 Å². The molecule has 1 aliphatic heterocycles. The number of sulfonamides is 1. The van der Waals surface area contributed by atoms with Crippen LogP contribution in [0.5, 0.6) is 0 Å². The molecule has 6 nitrogen and oxygen atoms in total. The molecule has 3 rings (SSSR count). The Morgan fingerprint density at radius 2 is 2.28 bits per heavy atom. The predicted octanol–water partition coefficient (Wildman–Crippen LogP) is 3.15. The van der Waals surface area contributed by atoms with Crippen molar-refractivity contribution in [2.24, 2.45) is 5.92 Å². The van der Waals surface area contributed by atoms with Crippen LogP contribution >= 0.6 is 22.9 Å². The Kier molecular flexibility index (Phi) is 5.47. The van der Waals surface area contributed by atoms with Crippen molar-refractivity contribution in [3.63, 3.8) is 0 Å². The van der Waals surface area contributed by atoms with E-state index in [1.54, 1.807) is 0 Å². The van der Waals surface area contributed by atoms with E-state index in [1.807, 2.05) is 6.92 Å². The van der Waals surface area contributed by atoms with Crippen molar-refractivity contribution in [3.8, 4) is 0 Å². The van der Waals surface area contributed by atoms with Gasteiger partial charge in [0.15, 0.2) is 5.82 Å². The van der Waals surface area contributed by atoms with Crippen LogP contribution in [0.1, 0.15) is 13.3 Å². The number of nitrogens with one attached hydrogen (secondary N) is 3. The summed E-state index contributed by atoms with van der Waals surface area (Å²) < 4.78 is 41.3. The van der Waals surface area contributed by atoms with E-state index in [4.69, 9.17) is 11.6 Å². The highest BCUT2D eigenvalue weighted by Crippen LogP contribution is 2.30. The minimum absolute atomic E-state index is 0.0856. The Labute approximate surface area is 154 Å². The summed E-state index contributed by atoms with van der Waals surface area (Å²) in [6, 6.07) is 2.33. The fourth-order valence-corrected chi connectivity index (χ4v) is 4.69. The van der Waals surface area contributed by atoms with Gasteiger partial charge in [0.1, 0.15) is 10.7 Å². The summed E-state index contributed by atoms with van der Waals surface area (Å²) in [5.41, 5.74) is 1.86. The van der Waals surface area contributed by atoms with Gasteiger partial charge >= 0.3 is 0 Å². The summed E-state index contributed by atoms with van der Waals surface area (Å²) in [7, 11) is -4.10. The zero-order valence-electron chi connectivity index (χ0n) is 13.4. The van der Waals surface area contributed by atoms with Crippen molar-refractivity contribution in [2.45, 2.75) is 24.3 Å². The Morgan fingerprint density at radius 1 is 1.48 bits per heavy atom. The standard InChI is InChI=1S/C15H18ClFN4O2S2/c1-9(10-2-3-18-6-10)20-13-5-12(17)14(4-11(13)16)25(22,23)21-15-7-24-8-19-15/h4-5,7-10,18,20-21H,2-3,6H2,1H3/t9-,10?/m0/s1. The van der Waals surface area contributed by atoms with Crippen LogP contribution in [0.3, 0.4) is 0 Å². The molecule has 0 saturated carbocycles. The number of hydrogen-bond donors (Lipinski definition) is 3. The normalized spacial score (nSPS) is 18.9. The molecule has 0 amide bonds. The summed E-state index contributed by atoms with van der Waals surface area (Å²) in [6.07, 6.45) is 1.03. The van der Waals surface area contributed by atoms with Crippen LogP contribution in [0.4, 0.5) is 15.9 Å².